The van der Waals surface area contributed by atoms with Crippen LogP contribution in [0.3, 0.4) is 0 Å². The minimum atomic E-state index is -0.260. The van der Waals surface area contributed by atoms with E-state index in [9.17, 15) is 9.59 Å². The first-order chi connectivity index (χ1) is 15.5. The minimum absolute atomic E-state index is 0.0246. The topological polar surface area (TPSA) is 70.7 Å². The predicted molar refractivity (Wildman–Crippen MR) is 128 cm³/mol. The zero-order chi connectivity index (χ0) is 22.9. The molecular formula is C26H35N3O3. The van der Waals surface area contributed by atoms with Gasteiger partial charge >= 0.3 is 6.03 Å². The fraction of sp³-hybridized carbons (Fsp3) is 0.462. The summed E-state index contributed by atoms with van der Waals surface area (Å²) in [5.41, 5.74) is 3.10. The highest BCUT2D eigenvalue weighted by molar-refractivity contribution is 5.93. The first kappa shape index (κ1) is 23.6. The summed E-state index contributed by atoms with van der Waals surface area (Å²) < 4.78 is 5.24. The van der Waals surface area contributed by atoms with E-state index in [0.717, 1.165) is 37.7 Å². The number of ether oxygens (including phenoxy) is 1. The van der Waals surface area contributed by atoms with Crippen LogP contribution in [0.2, 0.25) is 0 Å². The molecule has 32 heavy (non-hydrogen) atoms. The van der Waals surface area contributed by atoms with Crippen LogP contribution in [0.15, 0.2) is 48.5 Å². The molecule has 1 saturated heterocycles. The summed E-state index contributed by atoms with van der Waals surface area (Å²) in [6, 6.07) is 15.7. The van der Waals surface area contributed by atoms with Gasteiger partial charge in [-0.25, -0.2) is 4.79 Å². The molecule has 2 atom stereocenters. The van der Waals surface area contributed by atoms with Crippen LogP contribution in [0.4, 0.5) is 10.5 Å². The van der Waals surface area contributed by atoms with Crippen LogP contribution in [-0.4, -0.2) is 37.0 Å². The number of likely N-dealkylation sites (tertiary alicyclic amines) is 1. The van der Waals surface area contributed by atoms with E-state index in [2.05, 4.69) is 48.7 Å². The Labute approximate surface area is 191 Å². The molecule has 6 heteroatoms. The van der Waals surface area contributed by atoms with Crippen LogP contribution in [0.5, 0.6) is 5.75 Å². The summed E-state index contributed by atoms with van der Waals surface area (Å²) in [6.07, 6.45) is 4.43. The molecule has 6 nitrogen and oxygen atoms in total. The number of rotatable bonds is 8. The molecule has 0 aromatic heterocycles. The lowest BCUT2D eigenvalue weighted by molar-refractivity contribution is -0.121. The quantitative estimate of drug-likeness (QED) is 0.561. The smallest absolute Gasteiger partial charge is 0.317 e. The predicted octanol–water partition coefficient (Wildman–Crippen LogP) is 5.16. The summed E-state index contributed by atoms with van der Waals surface area (Å²) in [5, 5.41) is 6.03. The normalized spacial score (nSPS) is 18.2. The van der Waals surface area contributed by atoms with Gasteiger partial charge in [0.2, 0.25) is 5.91 Å². The SMILES string of the molecule is CCCCNC(=O)N1CC(C(=O)Nc2cccc(OC)c2)CCC1c1ccc(CC)cc1. The monoisotopic (exact) mass is 437 g/mol. The summed E-state index contributed by atoms with van der Waals surface area (Å²) >= 11 is 0. The van der Waals surface area contributed by atoms with Crippen LogP contribution >= 0.6 is 0 Å². The number of urea groups is 1. The third kappa shape index (κ3) is 6.02. The highest BCUT2D eigenvalue weighted by Gasteiger charge is 2.35. The Kier molecular flexibility index (Phi) is 8.54. The van der Waals surface area contributed by atoms with Gasteiger partial charge in [-0.15, -0.1) is 0 Å². The average Bonchev–Trinajstić information content (AvgIpc) is 2.84. The number of nitrogens with one attached hydrogen (secondary N) is 2. The molecule has 0 radical (unpaired) electrons. The maximum Gasteiger partial charge on any atom is 0.317 e. The van der Waals surface area contributed by atoms with Gasteiger partial charge in [0.05, 0.1) is 19.1 Å². The molecule has 1 heterocycles. The number of unbranched alkanes of at least 4 members (excludes halogenated alkanes) is 1. The summed E-state index contributed by atoms with van der Waals surface area (Å²) in [4.78, 5) is 27.9. The molecule has 1 fully saturated rings. The number of piperidine rings is 1. The third-order valence-corrected chi connectivity index (χ3v) is 6.13. The number of anilines is 1. The van der Waals surface area contributed by atoms with Crippen molar-refractivity contribution in [3.8, 4) is 5.75 Å². The fourth-order valence-electron chi connectivity index (χ4n) is 4.15. The van der Waals surface area contributed by atoms with Gasteiger partial charge in [0.1, 0.15) is 5.75 Å². The molecule has 172 valence electrons. The maximum absolute atomic E-state index is 13.1. The highest BCUT2D eigenvalue weighted by Crippen LogP contribution is 2.34. The first-order valence-electron chi connectivity index (χ1n) is 11.6. The average molecular weight is 438 g/mol. The van der Waals surface area contributed by atoms with Crippen molar-refractivity contribution in [3.63, 3.8) is 0 Å². The second-order valence-electron chi connectivity index (χ2n) is 8.34. The number of hydrogen-bond acceptors (Lipinski definition) is 3. The van der Waals surface area contributed by atoms with Crippen molar-refractivity contribution >= 4 is 17.6 Å². The summed E-state index contributed by atoms with van der Waals surface area (Å²) in [6.45, 7) is 5.28. The number of hydrogen-bond donors (Lipinski definition) is 2. The molecule has 1 aliphatic rings. The Morgan fingerprint density at radius 2 is 1.88 bits per heavy atom. The van der Waals surface area contributed by atoms with Crippen LogP contribution in [0, 0.1) is 5.92 Å². The lowest BCUT2D eigenvalue weighted by Gasteiger charge is -2.39. The van der Waals surface area contributed by atoms with Gasteiger partial charge in [-0.1, -0.05) is 50.6 Å². The molecule has 2 aromatic rings. The zero-order valence-corrected chi connectivity index (χ0v) is 19.4. The number of nitrogens with zero attached hydrogens (tertiary/aromatic N) is 1. The van der Waals surface area contributed by atoms with Gasteiger partial charge < -0.3 is 20.3 Å². The van der Waals surface area contributed by atoms with E-state index in [4.69, 9.17) is 4.74 Å². The molecular weight excluding hydrogens is 402 g/mol. The van der Waals surface area contributed by atoms with Crippen LogP contribution in [0.25, 0.3) is 0 Å². The molecule has 0 aliphatic carbocycles. The van der Waals surface area contributed by atoms with E-state index in [1.165, 1.54) is 5.56 Å². The molecule has 0 bridgehead atoms. The van der Waals surface area contributed by atoms with Gasteiger partial charge in [0, 0.05) is 24.8 Å². The summed E-state index contributed by atoms with van der Waals surface area (Å²) in [5.74, 6) is 0.368. The molecule has 2 aromatic carbocycles. The van der Waals surface area contributed by atoms with Crippen molar-refractivity contribution in [2.24, 2.45) is 5.92 Å². The Hall–Kier alpha value is -3.02. The van der Waals surface area contributed by atoms with Gasteiger partial charge in [-0.2, -0.15) is 0 Å². The van der Waals surface area contributed by atoms with Gasteiger partial charge in [-0.05, 0) is 48.9 Å². The second-order valence-corrected chi connectivity index (χ2v) is 8.34. The number of aryl methyl sites for hydroxylation is 1. The minimum Gasteiger partial charge on any atom is -0.497 e. The fourth-order valence-corrected chi connectivity index (χ4v) is 4.15. The van der Waals surface area contributed by atoms with E-state index >= 15 is 0 Å². The van der Waals surface area contributed by atoms with Crippen molar-refractivity contribution in [2.75, 3.05) is 25.5 Å². The zero-order valence-electron chi connectivity index (χ0n) is 19.4. The number of carbonyl (C=O) groups excluding carboxylic acids is 2. The van der Waals surface area contributed by atoms with Crippen LogP contribution in [-0.2, 0) is 11.2 Å². The maximum atomic E-state index is 13.1. The first-order valence-corrected chi connectivity index (χ1v) is 11.6. The lowest BCUT2D eigenvalue weighted by atomic mass is 9.88. The van der Waals surface area contributed by atoms with Crippen molar-refractivity contribution < 1.29 is 14.3 Å². The Bertz CT molecular complexity index is 897. The second kappa shape index (κ2) is 11.6. The third-order valence-electron chi connectivity index (χ3n) is 6.13. The number of amides is 3. The molecule has 0 spiro atoms. The molecule has 3 rings (SSSR count). The van der Waals surface area contributed by atoms with E-state index < -0.39 is 0 Å². The van der Waals surface area contributed by atoms with Gasteiger partial charge in [0.15, 0.2) is 0 Å². The standard InChI is InChI=1S/C26H35N3O3/c1-4-6-16-27-26(31)29-18-21(25(30)28-22-8-7-9-23(17-22)32-3)14-15-24(29)20-12-10-19(5-2)11-13-20/h7-13,17,21,24H,4-6,14-16,18H2,1-3H3,(H,27,31)(H,28,30). The molecule has 0 saturated carbocycles. The Balaban J connectivity index is 1.74. The van der Waals surface area contributed by atoms with Crippen molar-refractivity contribution in [3.05, 3.63) is 59.7 Å². The van der Waals surface area contributed by atoms with Crippen LogP contribution in [0.1, 0.15) is 56.7 Å². The molecule has 3 amide bonds. The van der Waals surface area contributed by atoms with Crippen molar-refractivity contribution in [2.45, 2.75) is 52.0 Å². The Morgan fingerprint density at radius 3 is 2.56 bits per heavy atom. The van der Waals surface area contributed by atoms with Crippen LogP contribution < -0.4 is 15.4 Å². The van der Waals surface area contributed by atoms with Gasteiger partial charge in [0.25, 0.3) is 0 Å². The van der Waals surface area contributed by atoms with Gasteiger partial charge in [-0.3, -0.25) is 4.79 Å². The lowest BCUT2D eigenvalue weighted by Crippen LogP contribution is -2.49. The number of methoxy groups -OCH3 is 1. The van der Waals surface area contributed by atoms with E-state index in [1.807, 2.05) is 23.1 Å². The Morgan fingerprint density at radius 1 is 1.09 bits per heavy atom. The van der Waals surface area contributed by atoms with Crippen molar-refractivity contribution in [1.29, 1.82) is 0 Å². The largest absolute Gasteiger partial charge is 0.497 e. The summed E-state index contributed by atoms with van der Waals surface area (Å²) in [7, 11) is 1.60. The molecule has 2 unspecified atom stereocenters. The molecule has 1 aliphatic heterocycles. The molecule has 2 N–H and O–H groups in total. The van der Waals surface area contributed by atoms with Crippen molar-refractivity contribution in [1.82, 2.24) is 10.2 Å². The number of carbonyl (C=O) groups is 2. The van der Waals surface area contributed by atoms with E-state index in [1.54, 1.807) is 13.2 Å². The number of benzene rings is 2. The van der Waals surface area contributed by atoms with E-state index in [-0.39, 0.29) is 23.9 Å². The highest BCUT2D eigenvalue weighted by atomic mass is 16.5. The van der Waals surface area contributed by atoms with E-state index in [0.29, 0.717) is 24.5 Å².